The van der Waals surface area contributed by atoms with E-state index in [1.807, 2.05) is 30.3 Å². The van der Waals surface area contributed by atoms with Crippen LogP contribution >= 0.6 is 0 Å². The van der Waals surface area contributed by atoms with Crippen LogP contribution in [0.25, 0.3) is 0 Å². The first kappa shape index (κ1) is 28.8. The molecular weight excluding hydrogens is 589 g/mol. The molecule has 0 heterocycles. The van der Waals surface area contributed by atoms with Crippen LogP contribution in [0.3, 0.4) is 0 Å². The average molecular weight is 618 g/mol. The molecule has 0 aliphatic carbocycles. The molecule has 0 saturated carbocycles. The summed E-state index contributed by atoms with van der Waals surface area (Å²) in [6.45, 7) is 0.505. The van der Waals surface area contributed by atoms with Gasteiger partial charge in [0.05, 0.1) is 0 Å². The van der Waals surface area contributed by atoms with Crippen LogP contribution in [0.15, 0.2) is 114 Å². The Bertz CT molecular complexity index is 1600. The van der Waals surface area contributed by atoms with Crippen LogP contribution < -0.4 is 15.0 Å². The molecule has 0 aromatic heterocycles. The van der Waals surface area contributed by atoms with Gasteiger partial charge in [-0.3, -0.25) is 0 Å². The SMILES string of the molecule is N=C(NCc1ccccc1)Nc1ccc(C(=O)[AsH]c2cccc(S(=O)(=O)[C@@H](CC(=O)O)c3ccccc3)c2)cc1. The standard InChI is InChI=1S/C30H28AsN3O5S/c32-30(33-20-21-8-3-1-4-9-21)34-25-16-14-23(15-17-25)29(37)31-24-12-7-13-26(18-24)40(38,39)27(19-28(35)36)22-10-5-2-6-11-22/h1-18,27,31H,19-20H2,(H,35,36)(H3,32,33,34)/t27-/m0/s1. The molecular formula is C30H28AsN3O5S. The number of hydrogen-bond donors (Lipinski definition) is 4. The average Bonchev–Trinajstić information content (AvgIpc) is 2.96. The minimum atomic E-state index is -4.02. The van der Waals surface area contributed by atoms with Gasteiger partial charge in [-0.2, -0.15) is 0 Å². The van der Waals surface area contributed by atoms with E-state index in [-0.39, 0.29) is 15.4 Å². The van der Waals surface area contributed by atoms with Crippen molar-refractivity contribution in [2.75, 3.05) is 5.32 Å². The van der Waals surface area contributed by atoms with E-state index in [2.05, 4.69) is 10.6 Å². The summed E-state index contributed by atoms with van der Waals surface area (Å²) in [5, 5.41) is 22.2. The van der Waals surface area contributed by atoms with Gasteiger partial charge in [-0.05, 0) is 0 Å². The van der Waals surface area contributed by atoms with Gasteiger partial charge in [0.15, 0.2) is 0 Å². The summed E-state index contributed by atoms with van der Waals surface area (Å²) in [4.78, 5) is 24.5. The van der Waals surface area contributed by atoms with Crippen molar-refractivity contribution in [2.24, 2.45) is 0 Å². The number of carbonyl (C=O) groups excluding carboxylic acids is 1. The molecule has 0 spiro atoms. The Balaban J connectivity index is 1.42. The second-order valence-corrected chi connectivity index (χ2v) is 13.8. The first-order valence-corrected chi connectivity index (χ1v) is 16.0. The second kappa shape index (κ2) is 13.2. The van der Waals surface area contributed by atoms with Crippen molar-refractivity contribution >= 4 is 52.1 Å². The first-order valence-electron chi connectivity index (χ1n) is 12.4. The molecule has 4 aromatic carbocycles. The van der Waals surface area contributed by atoms with E-state index in [1.54, 1.807) is 66.7 Å². The van der Waals surface area contributed by atoms with Crippen molar-refractivity contribution in [1.82, 2.24) is 5.32 Å². The zero-order valence-electron chi connectivity index (χ0n) is 21.4. The molecule has 0 radical (unpaired) electrons. The molecule has 4 N–H and O–H groups in total. The van der Waals surface area contributed by atoms with Crippen LogP contribution in [0.2, 0.25) is 0 Å². The third kappa shape index (κ3) is 7.68. The van der Waals surface area contributed by atoms with Crippen molar-refractivity contribution in [3.05, 3.63) is 126 Å². The number of carboxylic acid groups (broad SMARTS) is 1. The number of aliphatic carboxylic acids is 1. The maximum atomic E-state index is 13.5. The Morgan fingerprint density at radius 1 is 0.850 bits per heavy atom. The molecule has 8 nitrogen and oxygen atoms in total. The van der Waals surface area contributed by atoms with E-state index in [0.717, 1.165) is 5.56 Å². The second-order valence-electron chi connectivity index (χ2n) is 8.94. The summed E-state index contributed by atoms with van der Waals surface area (Å²) >= 11 is -1.39. The zero-order valence-corrected chi connectivity index (χ0v) is 24.3. The number of carboxylic acids is 1. The summed E-state index contributed by atoms with van der Waals surface area (Å²) in [5.41, 5.74) is 2.60. The zero-order chi connectivity index (χ0) is 28.5. The molecule has 2 atom stereocenters. The molecule has 0 saturated heterocycles. The van der Waals surface area contributed by atoms with Gasteiger partial charge in [-0.15, -0.1) is 0 Å². The fraction of sp³-hybridized carbons (Fsp3) is 0.100. The van der Waals surface area contributed by atoms with Crippen LogP contribution in [-0.2, 0) is 21.2 Å². The molecule has 4 aromatic rings. The fourth-order valence-corrected chi connectivity index (χ4v) is 8.07. The van der Waals surface area contributed by atoms with E-state index in [9.17, 15) is 23.1 Å². The van der Waals surface area contributed by atoms with Gasteiger partial charge in [-0.1, -0.05) is 6.07 Å². The first-order chi connectivity index (χ1) is 19.2. The van der Waals surface area contributed by atoms with Gasteiger partial charge >= 0.3 is 234 Å². The molecule has 0 aliphatic heterocycles. The molecule has 40 heavy (non-hydrogen) atoms. The quantitative estimate of drug-likeness (QED) is 0.114. The number of guanidine groups is 1. The van der Waals surface area contributed by atoms with Gasteiger partial charge in [0, 0.05) is 0 Å². The van der Waals surface area contributed by atoms with Gasteiger partial charge in [0.2, 0.25) is 0 Å². The van der Waals surface area contributed by atoms with E-state index in [1.165, 1.54) is 12.1 Å². The third-order valence-corrected chi connectivity index (χ3v) is 10.5. The Kier molecular flexibility index (Phi) is 9.53. The molecule has 10 heteroatoms. The number of benzene rings is 4. The number of sulfone groups is 1. The molecule has 4 rings (SSSR count). The maximum absolute atomic E-state index is 13.5. The van der Waals surface area contributed by atoms with Crippen molar-refractivity contribution in [3.8, 4) is 0 Å². The van der Waals surface area contributed by atoms with E-state index in [4.69, 9.17) is 5.41 Å². The Morgan fingerprint density at radius 2 is 1.50 bits per heavy atom. The predicted molar refractivity (Wildman–Crippen MR) is 157 cm³/mol. The van der Waals surface area contributed by atoms with Gasteiger partial charge in [0.25, 0.3) is 0 Å². The molecule has 0 fully saturated rings. The topological polar surface area (TPSA) is 136 Å². The van der Waals surface area contributed by atoms with Crippen molar-refractivity contribution in [1.29, 1.82) is 5.41 Å². The van der Waals surface area contributed by atoms with E-state index >= 15 is 0 Å². The van der Waals surface area contributed by atoms with Crippen LogP contribution in [0.1, 0.15) is 33.2 Å². The van der Waals surface area contributed by atoms with Crippen molar-refractivity contribution in [2.45, 2.75) is 23.1 Å². The van der Waals surface area contributed by atoms with Gasteiger partial charge in [0.1, 0.15) is 0 Å². The van der Waals surface area contributed by atoms with Crippen molar-refractivity contribution in [3.63, 3.8) is 0 Å². The third-order valence-electron chi connectivity index (χ3n) is 6.05. The molecule has 0 aliphatic rings. The minimum absolute atomic E-state index is 0.00211. The van der Waals surface area contributed by atoms with Crippen LogP contribution in [0.4, 0.5) is 5.69 Å². The molecule has 0 amide bonds. The van der Waals surface area contributed by atoms with Crippen LogP contribution in [0, 0.1) is 5.41 Å². The number of nitrogens with one attached hydrogen (secondary N) is 3. The van der Waals surface area contributed by atoms with Crippen molar-refractivity contribution < 1.29 is 23.1 Å². The molecule has 204 valence electrons. The number of carbonyl (C=O) groups is 2. The van der Waals surface area contributed by atoms with Crippen LogP contribution in [0.5, 0.6) is 0 Å². The number of rotatable bonds is 11. The Hall–Kier alpha value is -4.20. The normalized spacial score (nSPS) is 12.1. The summed E-state index contributed by atoms with van der Waals surface area (Å²) in [6.07, 6.45) is -0.564. The molecule has 0 bridgehead atoms. The summed E-state index contributed by atoms with van der Waals surface area (Å²) in [7, 11) is -4.02. The van der Waals surface area contributed by atoms with E-state index < -0.39 is 43.2 Å². The Labute approximate surface area is 239 Å². The molecule has 1 unspecified atom stereocenters. The van der Waals surface area contributed by atoms with Crippen LogP contribution in [-0.4, -0.2) is 45.8 Å². The van der Waals surface area contributed by atoms with E-state index in [0.29, 0.717) is 27.7 Å². The number of hydrogen-bond acceptors (Lipinski definition) is 5. The Morgan fingerprint density at radius 3 is 2.15 bits per heavy atom. The van der Waals surface area contributed by atoms with Gasteiger partial charge in [-0.25, -0.2) is 0 Å². The number of anilines is 1. The van der Waals surface area contributed by atoms with Gasteiger partial charge < -0.3 is 0 Å². The fourth-order valence-electron chi connectivity index (χ4n) is 4.03. The summed E-state index contributed by atoms with van der Waals surface area (Å²) in [6, 6.07) is 31.0. The summed E-state index contributed by atoms with van der Waals surface area (Å²) < 4.78 is 27.5. The monoisotopic (exact) mass is 617 g/mol. The summed E-state index contributed by atoms with van der Waals surface area (Å²) in [5.74, 6) is -1.08. The predicted octanol–water partition coefficient (Wildman–Crippen LogP) is 3.71.